The molecule has 1 N–H and O–H groups in total. The Hall–Kier alpha value is -3.07. The highest BCUT2D eigenvalue weighted by molar-refractivity contribution is 7.47. The molecule has 0 bridgehead atoms. The van der Waals surface area contributed by atoms with Gasteiger partial charge in [0.1, 0.15) is 19.8 Å². The monoisotopic (exact) mass is 1320 g/mol. The Balaban J connectivity index is 3.99. The number of rotatable bonds is 73. The topological polar surface area (TPSA) is 108 Å². The Kier molecular flexibility index (Phi) is 70.8. The molecule has 0 rings (SSSR count). The second-order valence-corrected chi connectivity index (χ2v) is 29.2. The zero-order valence-corrected chi connectivity index (χ0v) is 62.6. The summed E-state index contributed by atoms with van der Waals surface area (Å²) in [6, 6.07) is 0. The lowest BCUT2D eigenvalue weighted by molar-refractivity contribution is -0.870. The van der Waals surface area contributed by atoms with Gasteiger partial charge in [0.15, 0.2) is 6.10 Å². The predicted octanol–water partition coefficient (Wildman–Crippen LogP) is 26.2. The molecule has 93 heavy (non-hydrogen) atoms. The maximum absolute atomic E-state index is 12.9. The van der Waals surface area contributed by atoms with Crippen LogP contribution in [0.15, 0.2) is 97.2 Å². The number of nitrogens with zero attached hydrogens (tertiary/aromatic N) is 1. The van der Waals surface area contributed by atoms with Crippen LogP contribution in [0.4, 0.5) is 0 Å². The number of phosphoric acid groups is 1. The molecular weight excluding hydrogens is 1170 g/mol. The number of esters is 2. The van der Waals surface area contributed by atoms with Gasteiger partial charge in [-0.05, 0) is 77.0 Å². The summed E-state index contributed by atoms with van der Waals surface area (Å²) in [5.74, 6) is -0.796. The van der Waals surface area contributed by atoms with Crippen molar-refractivity contribution in [2.24, 2.45) is 0 Å². The van der Waals surface area contributed by atoms with E-state index in [9.17, 15) is 19.0 Å². The summed E-state index contributed by atoms with van der Waals surface area (Å²) in [6.07, 6.45) is 103. The molecule has 540 valence electrons. The molecule has 0 radical (unpaired) electrons. The van der Waals surface area contributed by atoms with Gasteiger partial charge in [-0.3, -0.25) is 18.6 Å². The highest BCUT2D eigenvalue weighted by Crippen LogP contribution is 2.43. The molecule has 0 aliphatic rings. The molecule has 10 heteroatoms. The van der Waals surface area contributed by atoms with Gasteiger partial charge in [0, 0.05) is 12.8 Å². The summed E-state index contributed by atoms with van der Waals surface area (Å²) in [5.41, 5.74) is 0. The number of carbonyl (C=O) groups is 2. The molecule has 2 unspecified atom stereocenters. The Morgan fingerprint density at radius 2 is 0.613 bits per heavy atom. The van der Waals surface area contributed by atoms with Gasteiger partial charge in [0.2, 0.25) is 0 Å². The van der Waals surface area contributed by atoms with Gasteiger partial charge in [-0.2, -0.15) is 0 Å². The standard InChI is InChI=1S/C83H150NO8P/c1-6-8-10-12-14-16-18-20-22-24-26-28-30-32-34-36-38-40-41-42-44-45-47-49-51-53-55-57-59-61-63-65-67-69-71-73-75-82(85)89-79-81(80-91-93(87,88)90-78-77-84(3,4)5)92-83(86)76-74-72-70-68-66-64-62-60-58-56-54-52-50-48-46-43-39-37-35-33-31-29-27-25-23-21-19-17-15-13-11-9-7-2/h9,11,15,17,21,23,27,29,33,35,39,43,48,50,54,56,81H,6-8,10,12-14,16,18-20,22,24-26,28,30-32,34,36-38,40-42,44-47,49,51-53,55,57-80H2,1-5H3/p+1/b11-9-,17-15-,23-21-,29-27-,35-33-,43-39-,50-48-,56-54-. The van der Waals surface area contributed by atoms with Crippen molar-refractivity contribution in [3.8, 4) is 0 Å². The Bertz CT molecular complexity index is 1890. The lowest BCUT2D eigenvalue weighted by atomic mass is 10.0. The van der Waals surface area contributed by atoms with Gasteiger partial charge >= 0.3 is 19.8 Å². The van der Waals surface area contributed by atoms with Gasteiger partial charge in [-0.25, -0.2) is 4.57 Å². The Labute approximate surface area is 576 Å². The van der Waals surface area contributed by atoms with Gasteiger partial charge in [-0.15, -0.1) is 0 Å². The number of hydrogen-bond donors (Lipinski definition) is 1. The summed E-state index contributed by atoms with van der Waals surface area (Å²) < 4.78 is 34.8. The number of phosphoric ester groups is 1. The molecule has 0 aromatic heterocycles. The molecule has 0 aliphatic carbocycles. The molecule has 2 atom stereocenters. The smallest absolute Gasteiger partial charge is 0.462 e. The molecule has 0 spiro atoms. The van der Waals surface area contributed by atoms with Crippen molar-refractivity contribution in [1.29, 1.82) is 0 Å². The van der Waals surface area contributed by atoms with E-state index in [-0.39, 0.29) is 32.0 Å². The van der Waals surface area contributed by atoms with Crippen LogP contribution in [0.5, 0.6) is 0 Å². The van der Waals surface area contributed by atoms with Gasteiger partial charge < -0.3 is 18.9 Å². The van der Waals surface area contributed by atoms with Gasteiger partial charge in [0.05, 0.1) is 27.7 Å². The van der Waals surface area contributed by atoms with E-state index in [0.29, 0.717) is 17.4 Å². The van der Waals surface area contributed by atoms with Crippen LogP contribution in [-0.4, -0.2) is 74.9 Å². The fraction of sp³-hybridized carbons (Fsp3) is 0.783. The van der Waals surface area contributed by atoms with Crippen molar-refractivity contribution in [2.75, 3.05) is 47.5 Å². The molecule has 0 saturated carbocycles. The second-order valence-electron chi connectivity index (χ2n) is 27.7. The molecule has 0 aliphatic heterocycles. The number of ether oxygens (including phenoxy) is 2. The third-order valence-electron chi connectivity index (χ3n) is 17.4. The first-order valence-electron chi connectivity index (χ1n) is 39.5. The molecule has 0 amide bonds. The predicted molar refractivity (Wildman–Crippen MR) is 404 cm³/mol. The minimum atomic E-state index is -4.40. The second kappa shape index (κ2) is 73.2. The van der Waals surface area contributed by atoms with Crippen LogP contribution in [0.25, 0.3) is 0 Å². The third kappa shape index (κ3) is 77.8. The zero-order valence-electron chi connectivity index (χ0n) is 61.7. The Morgan fingerprint density at radius 3 is 0.914 bits per heavy atom. The number of likely N-dealkylation sites (N-methyl/N-ethyl adjacent to an activating group) is 1. The molecule has 0 saturated heterocycles. The van der Waals surface area contributed by atoms with E-state index in [1.165, 1.54) is 238 Å². The van der Waals surface area contributed by atoms with Crippen LogP contribution in [-0.2, 0) is 32.7 Å². The fourth-order valence-electron chi connectivity index (χ4n) is 11.4. The fourth-order valence-corrected chi connectivity index (χ4v) is 12.1. The molecule has 0 aromatic rings. The highest BCUT2D eigenvalue weighted by atomic mass is 31.2. The maximum atomic E-state index is 12.9. The van der Waals surface area contributed by atoms with Gasteiger partial charge in [-0.1, -0.05) is 374 Å². The lowest BCUT2D eigenvalue weighted by Crippen LogP contribution is -2.37. The highest BCUT2D eigenvalue weighted by Gasteiger charge is 2.27. The summed E-state index contributed by atoms with van der Waals surface area (Å²) in [5, 5.41) is 0. The largest absolute Gasteiger partial charge is 0.472 e. The molecule has 0 heterocycles. The van der Waals surface area contributed by atoms with Crippen molar-refractivity contribution in [1.82, 2.24) is 0 Å². The first-order valence-corrected chi connectivity index (χ1v) is 41.0. The summed E-state index contributed by atoms with van der Waals surface area (Å²) in [6.45, 7) is 4.36. The van der Waals surface area contributed by atoms with E-state index in [0.717, 1.165) is 96.3 Å². The molecule has 0 fully saturated rings. The number of allylic oxidation sites excluding steroid dienone is 16. The van der Waals surface area contributed by atoms with E-state index in [2.05, 4.69) is 111 Å². The van der Waals surface area contributed by atoms with Crippen molar-refractivity contribution in [3.63, 3.8) is 0 Å². The maximum Gasteiger partial charge on any atom is 0.472 e. The minimum absolute atomic E-state index is 0.0274. The van der Waals surface area contributed by atoms with Crippen molar-refractivity contribution in [3.05, 3.63) is 97.2 Å². The zero-order chi connectivity index (χ0) is 67.6. The van der Waals surface area contributed by atoms with E-state index in [1.54, 1.807) is 0 Å². The van der Waals surface area contributed by atoms with E-state index in [1.807, 2.05) is 21.1 Å². The number of unbranched alkanes of at least 4 members (excludes halogenated alkanes) is 43. The Morgan fingerprint density at radius 1 is 0.344 bits per heavy atom. The van der Waals surface area contributed by atoms with Gasteiger partial charge in [0.25, 0.3) is 0 Å². The van der Waals surface area contributed by atoms with Crippen molar-refractivity contribution >= 4 is 19.8 Å². The molecular formula is C83H151NO8P+. The first kappa shape index (κ1) is 89.9. The first-order chi connectivity index (χ1) is 45.5. The van der Waals surface area contributed by atoms with Crippen LogP contribution in [0.2, 0.25) is 0 Å². The average Bonchev–Trinajstić information content (AvgIpc) is 2.30. The molecule has 9 nitrogen and oxygen atoms in total. The van der Waals surface area contributed by atoms with E-state index in [4.69, 9.17) is 18.5 Å². The van der Waals surface area contributed by atoms with E-state index < -0.39 is 26.5 Å². The number of carbonyl (C=O) groups excluding carboxylic acids is 2. The van der Waals surface area contributed by atoms with Crippen molar-refractivity contribution in [2.45, 2.75) is 373 Å². The molecule has 0 aromatic carbocycles. The summed E-state index contributed by atoms with van der Waals surface area (Å²) >= 11 is 0. The van der Waals surface area contributed by atoms with E-state index >= 15 is 0 Å². The lowest BCUT2D eigenvalue weighted by Gasteiger charge is -2.24. The minimum Gasteiger partial charge on any atom is -0.462 e. The van der Waals surface area contributed by atoms with Crippen LogP contribution in [0, 0.1) is 0 Å². The normalized spacial score (nSPS) is 13.6. The number of hydrogen-bond acceptors (Lipinski definition) is 7. The van der Waals surface area contributed by atoms with Crippen LogP contribution >= 0.6 is 7.82 Å². The van der Waals surface area contributed by atoms with Crippen LogP contribution in [0.1, 0.15) is 367 Å². The number of quaternary nitrogens is 1. The third-order valence-corrected chi connectivity index (χ3v) is 18.4. The summed E-state index contributed by atoms with van der Waals surface area (Å²) in [4.78, 5) is 36.0. The SMILES string of the molecule is CC/C=C\C/C=C\C/C=C\C/C=C\C/C=C\C/C=C\C/C=C\C/C=C\CCCCCCCCCCC(=O)OC(COC(=O)CCCCCCCCCCCCCCCCCCCCCCCCCCCCCCCCCCCCCC)COP(=O)(O)OCC[N+](C)(C)C. The van der Waals surface area contributed by atoms with Crippen molar-refractivity contribution < 1.29 is 42.1 Å². The van der Waals surface area contributed by atoms with Crippen LogP contribution < -0.4 is 0 Å². The summed E-state index contributed by atoms with van der Waals surface area (Å²) in [7, 11) is 1.47. The van der Waals surface area contributed by atoms with Crippen LogP contribution in [0.3, 0.4) is 0 Å². The quantitative estimate of drug-likeness (QED) is 0.0211. The average molecular weight is 1320 g/mol.